The molecule has 9 fully saturated rings. The van der Waals surface area contributed by atoms with Crippen molar-refractivity contribution >= 4 is 23.7 Å². The van der Waals surface area contributed by atoms with Crippen LogP contribution in [0, 0.1) is 0 Å². The number of carbonyl (C=O) groups is 4. The number of ether oxygens (including phenoxy) is 17. The van der Waals surface area contributed by atoms with Crippen molar-refractivity contribution in [2.45, 2.75) is 309 Å². The average Bonchev–Trinajstić information content (AvgIpc) is 0.752. The first kappa shape index (κ1) is 95.0. The van der Waals surface area contributed by atoms with Crippen LogP contribution in [0.3, 0.4) is 0 Å². The van der Waals surface area contributed by atoms with E-state index >= 15 is 0 Å². The topological polar surface area (TPSA) is 828 Å². The highest BCUT2D eigenvalue weighted by molar-refractivity contribution is 5.77. The van der Waals surface area contributed by atoms with Crippen LogP contribution in [0.25, 0.3) is 0 Å². The summed E-state index contributed by atoms with van der Waals surface area (Å²) < 4.78 is 98.8. The summed E-state index contributed by atoms with van der Waals surface area (Å²) in [6.45, 7) is -7.42. The number of nitrogens with one attached hydrogen (secondary N) is 3. The Hall–Kier alpha value is -3.88. The van der Waals surface area contributed by atoms with Crippen LogP contribution in [0.15, 0.2) is 0 Å². The summed E-state index contributed by atoms with van der Waals surface area (Å²) in [7, 11) is 0. The summed E-state index contributed by atoms with van der Waals surface area (Å²) in [4.78, 5) is 50.9. The van der Waals surface area contributed by atoms with Crippen molar-refractivity contribution in [1.29, 1.82) is 0 Å². The van der Waals surface area contributed by atoms with Crippen LogP contribution in [0.2, 0.25) is 0 Å². The van der Waals surface area contributed by atoms with Gasteiger partial charge in [-0.15, -0.1) is 0 Å². The number of aliphatic hydroxyl groups excluding tert-OH is 27. The van der Waals surface area contributed by atoms with Crippen molar-refractivity contribution in [3.8, 4) is 0 Å². The van der Waals surface area contributed by atoms with E-state index in [4.69, 9.17) is 80.5 Å². The normalized spacial score (nSPS) is 48.6. The Morgan fingerprint density at radius 1 is 0.357 bits per heavy atom. The summed E-state index contributed by atoms with van der Waals surface area (Å²) in [5, 5.41) is 316. The highest BCUT2D eigenvalue weighted by Gasteiger charge is 2.63. The highest BCUT2D eigenvalue weighted by atomic mass is 16.8. The number of rotatable bonds is 31. The van der Waals surface area contributed by atoms with Gasteiger partial charge in [-0.05, 0) is 0 Å². The molecule has 9 heterocycles. The molecule has 3 amide bonds. The zero-order valence-electron chi connectivity index (χ0n) is 61.1. The maximum atomic E-state index is 13.2. The minimum absolute atomic E-state index is 0.868. The number of hydrogen-bond donors (Lipinski definition) is 31. The average molecular weight is 1690 g/mol. The van der Waals surface area contributed by atoms with Gasteiger partial charge in [-0.2, -0.15) is 0 Å². The first-order valence-electron chi connectivity index (χ1n) is 36.3. The van der Waals surface area contributed by atoms with Crippen LogP contribution in [0.5, 0.6) is 0 Å². The van der Waals surface area contributed by atoms with E-state index < -0.39 is 371 Å². The fourth-order valence-electron chi connectivity index (χ4n) is 14.7. The smallest absolute Gasteiger partial charge is 0.364 e. The monoisotopic (exact) mass is 1690 g/mol. The van der Waals surface area contributed by atoms with Gasteiger partial charge in [0.15, 0.2) is 50.3 Å². The third-order valence-corrected chi connectivity index (χ3v) is 20.9. The number of amides is 3. The van der Waals surface area contributed by atoms with E-state index in [9.17, 15) is 162 Å². The minimum Gasteiger partial charge on any atom is -0.477 e. The Labute approximate surface area is 649 Å². The van der Waals surface area contributed by atoms with E-state index in [0.717, 1.165) is 20.8 Å². The van der Waals surface area contributed by atoms with Crippen molar-refractivity contribution in [1.82, 2.24) is 16.0 Å². The van der Waals surface area contributed by atoms with E-state index in [1.807, 2.05) is 0 Å². The second-order valence-electron chi connectivity index (χ2n) is 28.9. The molecule has 0 radical (unpaired) electrons. The van der Waals surface area contributed by atoms with Crippen LogP contribution in [0.1, 0.15) is 27.2 Å². The quantitative estimate of drug-likeness (QED) is 0.0306. The fraction of sp³-hybridized carbons (Fsp3) is 0.937. The standard InChI is InChI=1S/C63H105N3O49/c1-14(74)64-27-17(77)4-63(62(97)98,114-49(27)30(79)18(78)5-67)115-52-34(83)22(9-71)104-60(46(52)95)110-48-24(11-73)106-55(29(38(48)87)66-16(3)76)113-53-41(90)33(82)21(8-70)105-61(53)112-51-36(85)26(108-59(45(51)94)109-47-23(10-72)101-54(96)28(37(47)86)65-15(2)75)13-100-57-44(93)50(111-58-43(92)40(89)32(81)20(7-69)103-58)35(84)25(107-57)12-99-56-42(91)39(88)31(80)19(6-68)102-56/h17-61,67-73,77-96H,4-13H2,1-3H3,(H,64,74)(H,65,75)(H,66,76)(H,97,98)/t17-,18+,19+,20+,21+,22+,23+,24+,25+,26+,27+,28+,29+,30+,31+,32+,33+,34-,35+,36+,37+,38+,39-,40-,41-,42-,43-,44-,45-,46+,47+,48+,49+,50-,51-,52-,53-,54+,55-,56-,57-,58+,59-,60-,61+,63-/m0/s1. The van der Waals surface area contributed by atoms with Gasteiger partial charge >= 0.3 is 5.97 Å². The van der Waals surface area contributed by atoms with Gasteiger partial charge in [0.25, 0.3) is 5.79 Å². The number of carboxylic acids is 1. The Kier molecular flexibility index (Phi) is 33.7. The van der Waals surface area contributed by atoms with Crippen molar-refractivity contribution < 1.29 is 243 Å². The molecule has 0 bridgehead atoms. The van der Waals surface area contributed by atoms with Crippen LogP contribution < -0.4 is 16.0 Å². The van der Waals surface area contributed by atoms with Crippen LogP contribution in [-0.4, -0.2) is 508 Å². The Morgan fingerprint density at radius 3 is 1.19 bits per heavy atom. The first-order valence-corrected chi connectivity index (χ1v) is 36.3. The predicted octanol–water partition coefficient (Wildman–Crippen LogP) is -21.0. The lowest BCUT2D eigenvalue weighted by Crippen LogP contribution is -2.71. The van der Waals surface area contributed by atoms with Crippen molar-refractivity contribution in [3.63, 3.8) is 0 Å². The summed E-state index contributed by atoms with van der Waals surface area (Å²) in [5.74, 6) is -8.25. The molecule has 52 heteroatoms. The van der Waals surface area contributed by atoms with Gasteiger partial charge in [0, 0.05) is 27.2 Å². The zero-order chi connectivity index (χ0) is 85.0. The van der Waals surface area contributed by atoms with Gasteiger partial charge in [-0.1, -0.05) is 0 Å². The Morgan fingerprint density at radius 2 is 0.704 bits per heavy atom. The van der Waals surface area contributed by atoms with Crippen LogP contribution in [-0.2, 0) is 99.7 Å². The minimum atomic E-state index is -3.30. The number of aliphatic carboxylic acids is 1. The number of carboxylic acid groups (broad SMARTS) is 1. The van der Waals surface area contributed by atoms with Crippen LogP contribution in [0.4, 0.5) is 0 Å². The van der Waals surface area contributed by atoms with Crippen LogP contribution >= 0.6 is 0 Å². The first-order chi connectivity index (χ1) is 54.2. The molecule has 666 valence electrons. The van der Waals surface area contributed by atoms with E-state index in [0.29, 0.717) is 0 Å². The van der Waals surface area contributed by atoms with Gasteiger partial charge in [0.1, 0.15) is 214 Å². The molecule has 46 atom stereocenters. The molecular formula is C63H105N3O49. The molecule has 0 spiro atoms. The molecule has 31 N–H and O–H groups in total. The molecule has 9 aliphatic heterocycles. The molecule has 0 aliphatic carbocycles. The van der Waals surface area contributed by atoms with Gasteiger partial charge in [-0.25, -0.2) is 4.79 Å². The van der Waals surface area contributed by atoms with E-state index in [1.54, 1.807) is 0 Å². The highest BCUT2D eigenvalue weighted by Crippen LogP contribution is 2.42. The molecule has 0 saturated carbocycles. The lowest BCUT2D eigenvalue weighted by atomic mass is 9.88. The molecular weight excluding hydrogens is 1580 g/mol. The summed E-state index contributed by atoms with van der Waals surface area (Å²) in [6, 6.07) is -5.64. The molecule has 9 rings (SSSR count). The van der Waals surface area contributed by atoms with Gasteiger partial charge in [0.05, 0.1) is 71.6 Å². The maximum Gasteiger partial charge on any atom is 0.364 e. The molecule has 0 aromatic rings. The van der Waals surface area contributed by atoms with Gasteiger partial charge in [-0.3, -0.25) is 14.4 Å². The zero-order valence-corrected chi connectivity index (χ0v) is 61.1. The van der Waals surface area contributed by atoms with Crippen molar-refractivity contribution in [2.24, 2.45) is 0 Å². The predicted molar refractivity (Wildman–Crippen MR) is 349 cm³/mol. The SMILES string of the molecule is CC(=O)N[C@@H]1[C@@H](O)[C@H](O[C@@H]2O[C@H](CO[C@H]3O[C@H](CO[C@H]4O[C@H](CO)[C@@H](O)[C@H](O)[C@@H]4O)[C@@H](O)[C@H](O[C@H]4O[C@H](CO)[C@@H](O)[C@H](O)[C@@H]4O)[C@@H]3O)[C@@H](O)[C@H](O[C@H]3O[C@H](CO)[C@@H](O)[C@H](O)[C@@H]3O[C@@H]3O[C@H](CO)[C@@H](O[C@@H]4O[C@H](CO)[C@H](O)[C@H](O[C@]5(C(=O)O)C[C@H](O)[C@@H](NC(C)=O)[C@H]([C@H](O)[C@H](O)CO)O5)[C@H]4O)[C@H](O)[C@H]3NC(C)=O)[C@@H]2O)[C@@H](CO)O[C@H]1O. The van der Waals surface area contributed by atoms with Gasteiger partial charge < -0.3 is 239 Å². The largest absolute Gasteiger partial charge is 0.477 e. The summed E-state index contributed by atoms with van der Waals surface area (Å²) in [5.41, 5.74) is 0. The second-order valence-corrected chi connectivity index (χ2v) is 28.9. The Balaban J connectivity index is 1.01. The molecule has 115 heavy (non-hydrogen) atoms. The molecule has 0 aromatic heterocycles. The van der Waals surface area contributed by atoms with E-state index in [2.05, 4.69) is 16.0 Å². The van der Waals surface area contributed by atoms with Crippen molar-refractivity contribution in [2.75, 3.05) is 59.5 Å². The summed E-state index contributed by atoms with van der Waals surface area (Å²) in [6.07, 6.45) is -92.6. The fourth-order valence-corrected chi connectivity index (χ4v) is 14.7. The second kappa shape index (κ2) is 40.9. The third-order valence-electron chi connectivity index (χ3n) is 20.9. The lowest BCUT2D eigenvalue weighted by molar-refractivity contribution is -0.399. The molecule has 0 aromatic carbocycles. The van der Waals surface area contributed by atoms with Crippen molar-refractivity contribution in [3.05, 3.63) is 0 Å². The van der Waals surface area contributed by atoms with Gasteiger partial charge in [0.2, 0.25) is 17.7 Å². The van der Waals surface area contributed by atoms with E-state index in [1.165, 1.54) is 0 Å². The summed E-state index contributed by atoms with van der Waals surface area (Å²) >= 11 is 0. The lowest BCUT2D eigenvalue weighted by Gasteiger charge is -2.51. The maximum absolute atomic E-state index is 13.2. The number of aliphatic hydroxyl groups is 27. The number of hydrogen-bond acceptors (Lipinski definition) is 48. The molecule has 52 nitrogen and oxygen atoms in total. The molecule has 9 saturated heterocycles. The molecule has 9 aliphatic rings. The van der Waals surface area contributed by atoms with E-state index in [-0.39, 0.29) is 0 Å². The molecule has 0 unspecified atom stereocenters. The third kappa shape index (κ3) is 20.7. The Bertz CT molecular complexity index is 3080. The number of carbonyl (C=O) groups excluding carboxylic acids is 3.